The number of rotatable bonds is 3. The molecule has 1 aliphatic rings. The molecule has 0 radical (unpaired) electrons. The van der Waals surface area contributed by atoms with Gasteiger partial charge < -0.3 is 15.7 Å². The van der Waals surface area contributed by atoms with Crippen molar-refractivity contribution in [3.63, 3.8) is 0 Å². The van der Waals surface area contributed by atoms with E-state index in [2.05, 4.69) is 10.6 Å². The number of aliphatic carboxylic acids is 1. The molecule has 0 aromatic heterocycles. The Hall–Kier alpha value is -1.10. The van der Waals surface area contributed by atoms with Gasteiger partial charge in [0.25, 0.3) is 0 Å². The minimum atomic E-state index is -0.985. The van der Waals surface area contributed by atoms with Crippen LogP contribution in [0.5, 0.6) is 0 Å². The van der Waals surface area contributed by atoms with Crippen molar-refractivity contribution in [2.24, 2.45) is 5.41 Å². The quantitative estimate of drug-likeness (QED) is 0.682. The van der Waals surface area contributed by atoms with Crippen molar-refractivity contribution in [2.75, 3.05) is 6.54 Å². The molecule has 1 fully saturated rings. The number of carbonyl (C=O) groups is 2. The molecule has 0 aromatic rings. The van der Waals surface area contributed by atoms with Gasteiger partial charge in [0.1, 0.15) is 6.04 Å². The third kappa shape index (κ3) is 4.00. The fraction of sp³-hybridized carbons (Fsp3) is 0.833. The number of nitrogens with one attached hydrogen (secondary N) is 2. The molecule has 1 unspecified atom stereocenters. The zero-order chi connectivity index (χ0) is 13.1. The molecule has 0 bridgehead atoms. The normalized spacial score (nSPS) is 22.9. The predicted octanol–water partition coefficient (Wildman–Crippen LogP) is 0.744. The number of amides is 1. The van der Waals surface area contributed by atoms with E-state index in [1.807, 2.05) is 0 Å². The summed E-state index contributed by atoms with van der Waals surface area (Å²) in [6.07, 6.45) is 2.87. The van der Waals surface area contributed by atoms with Gasteiger partial charge in [0, 0.05) is 0 Å². The van der Waals surface area contributed by atoms with Crippen molar-refractivity contribution in [1.29, 1.82) is 0 Å². The van der Waals surface area contributed by atoms with Crippen LogP contribution in [0.15, 0.2) is 0 Å². The van der Waals surface area contributed by atoms with Gasteiger partial charge in [0.15, 0.2) is 0 Å². The second kappa shape index (κ2) is 5.49. The molecule has 0 aromatic carbocycles. The molecule has 98 valence electrons. The maximum Gasteiger partial charge on any atom is 0.326 e. The number of hydrogen-bond acceptors (Lipinski definition) is 3. The minimum absolute atomic E-state index is 0.202. The summed E-state index contributed by atoms with van der Waals surface area (Å²) >= 11 is 0. The molecule has 3 N–H and O–H groups in total. The van der Waals surface area contributed by atoms with Crippen molar-refractivity contribution >= 4 is 11.9 Å². The highest BCUT2D eigenvalue weighted by Crippen LogP contribution is 2.20. The molecule has 0 spiro atoms. The molecule has 0 saturated carbocycles. The Morgan fingerprint density at radius 1 is 1.35 bits per heavy atom. The van der Waals surface area contributed by atoms with Gasteiger partial charge >= 0.3 is 5.97 Å². The summed E-state index contributed by atoms with van der Waals surface area (Å²) in [5, 5.41) is 14.9. The average Bonchev–Trinajstić information content (AvgIpc) is 2.24. The summed E-state index contributed by atoms with van der Waals surface area (Å²) in [5.41, 5.74) is -0.490. The van der Waals surface area contributed by atoms with E-state index in [9.17, 15) is 9.59 Å². The lowest BCUT2D eigenvalue weighted by Crippen LogP contribution is -2.55. The Labute approximate surface area is 102 Å². The molecule has 1 aliphatic heterocycles. The van der Waals surface area contributed by atoms with E-state index in [0.29, 0.717) is 0 Å². The third-order valence-corrected chi connectivity index (χ3v) is 3.03. The summed E-state index contributed by atoms with van der Waals surface area (Å²) in [4.78, 5) is 23.1. The van der Waals surface area contributed by atoms with E-state index < -0.39 is 17.4 Å². The van der Waals surface area contributed by atoms with Crippen LogP contribution in [-0.2, 0) is 9.59 Å². The standard InChI is InChI=1S/C12H22N2O3/c1-12(2,3)9(11(16)17)14-10(15)8-6-4-5-7-13-8/h8-9,13H,4-7H2,1-3H3,(H,14,15)(H,16,17)/t8?,9-/m0/s1. The SMILES string of the molecule is CC(C)(C)[C@@H](NC(=O)C1CCCCN1)C(=O)O. The molecule has 1 saturated heterocycles. The van der Waals surface area contributed by atoms with Crippen LogP contribution in [0.1, 0.15) is 40.0 Å². The van der Waals surface area contributed by atoms with Gasteiger partial charge in [-0.15, -0.1) is 0 Å². The van der Waals surface area contributed by atoms with Gasteiger partial charge in [-0.2, -0.15) is 0 Å². The van der Waals surface area contributed by atoms with Crippen LogP contribution in [0, 0.1) is 5.41 Å². The summed E-state index contributed by atoms with van der Waals surface area (Å²) in [6.45, 7) is 6.24. The van der Waals surface area contributed by atoms with E-state index in [1.165, 1.54) is 0 Å². The van der Waals surface area contributed by atoms with Crippen LogP contribution in [0.3, 0.4) is 0 Å². The van der Waals surface area contributed by atoms with Crippen molar-refractivity contribution in [3.8, 4) is 0 Å². The van der Waals surface area contributed by atoms with Crippen LogP contribution < -0.4 is 10.6 Å². The summed E-state index contributed by atoms with van der Waals surface area (Å²) in [5.74, 6) is -1.19. The lowest BCUT2D eigenvalue weighted by molar-refractivity contribution is -0.145. The number of hydrogen-bond donors (Lipinski definition) is 3. The largest absolute Gasteiger partial charge is 0.480 e. The van der Waals surface area contributed by atoms with Gasteiger partial charge in [0.2, 0.25) is 5.91 Å². The molecule has 1 rings (SSSR count). The summed E-state index contributed by atoms with van der Waals surface area (Å²) < 4.78 is 0. The number of carboxylic acid groups (broad SMARTS) is 1. The number of carboxylic acids is 1. The second-order valence-corrected chi connectivity index (χ2v) is 5.65. The highest BCUT2D eigenvalue weighted by molar-refractivity contribution is 5.87. The maximum absolute atomic E-state index is 11.9. The lowest BCUT2D eigenvalue weighted by atomic mass is 9.86. The summed E-state index contributed by atoms with van der Waals surface area (Å²) in [6, 6.07) is -1.09. The van der Waals surface area contributed by atoms with E-state index in [-0.39, 0.29) is 11.9 Å². The first-order valence-electron chi connectivity index (χ1n) is 6.09. The molecule has 5 nitrogen and oxygen atoms in total. The van der Waals surface area contributed by atoms with Crippen LogP contribution in [0.2, 0.25) is 0 Å². The zero-order valence-corrected chi connectivity index (χ0v) is 10.7. The van der Waals surface area contributed by atoms with Crippen molar-refractivity contribution in [3.05, 3.63) is 0 Å². The summed E-state index contributed by atoms with van der Waals surface area (Å²) in [7, 11) is 0. The highest BCUT2D eigenvalue weighted by Gasteiger charge is 2.34. The van der Waals surface area contributed by atoms with E-state index >= 15 is 0 Å². The molecule has 17 heavy (non-hydrogen) atoms. The fourth-order valence-corrected chi connectivity index (χ4v) is 1.97. The van der Waals surface area contributed by atoms with Gasteiger partial charge in [-0.05, 0) is 24.8 Å². The molecule has 5 heteroatoms. The van der Waals surface area contributed by atoms with Crippen LogP contribution in [-0.4, -0.2) is 35.6 Å². The van der Waals surface area contributed by atoms with Crippen molar-refractivity contribution in [2.45, 2.75) is 52.1 Å². The van der Waals surface area contributed by atoms with Gasteiger partial charge in [0.05, 0.1) is 6.04 Å². The Balaban J connectivity index is 2.60. The monoisotopic (exact) mass is 242 g/mol. The number of carbonyl (C=O) groups excluding carboxylic acids is 1. The minimum Gasteiger partial charge on any atom is -0.480 e. The smallest absolute Gasteiger partial charge is 0.326 e. The maximum atomic E-state index is 11.9. The van der Waals surface area contributed by atoms with Gasteiger partial charge in [-0.25, -0.2) is 4.79 Å². The predicted molar refractivity (Wildman–Crippen MR) is 64.7 cm³/mol. The van der Waals surface area contributed by atoms with Crippen LogP contribution in [0.25, 0.3) is 0 Å². The molecule has 0 aliphatic carbocycles. The molecule has 1 heterocycles. The van der Waals surface area contributed by atoms with Gasteiger partial charge in [-0.1, -0.05) is 27.2 Å². The molecular formula is C12H22N2O3. The number of piperidine rings is 1. The van der Waals surface area contributed by atoms with Crippen molar-refractivity contribution in [1.82, 2.24) is 10.6 Å². The molecular weight excluding hydrogens is 220 g/mol. The lowest BCUT2D eigenvalue weighted by Gasteiger charge is -2.30. The Bertz CT molecular complexity index is 291. The van der Waals surface area contributed by atoms with E-state index in [0.717, 1.165) is 25.8 Å². The second-order valence-electron chi connectivity index (χ2n) is 5.65. The first-order chi connectivity index (χ1) is 7.82. The molecule has 1 amide bonds. The van der Waals surface area contributed by atoms with Crippen LogP contribution >= 0.6 is 0 Å². The van der Waals surface area contributed by atoms with E-state index in [4.69, 9.17) is 5.11 Å². The Morgan fingerprint density at radius 3 is 2.41 bits per heavy atom. The first kappa shape index (κ1) is 14.0. The average molecular weight is 242 g/mol. The van der Waals surface area contributed by atoms with E-state index in [1.54, 1.807) is 20.8 Å². The Morgan fingerprint density at radius 2 is 2.00 bits per heavy atom. The molecule has 2 atom stereocenters. The van der Waals surface area contributed by atoms with Crippen molar-refractivity contribution < 1.29 is 14.7 Å². The topological polar surface area (TPSA) is 78.4 Å². The fourth-order valence-electron chi connectivity index (χ4n) is 1.97. The third-order valence-electron chi connectivity index (χ3n) is 3.03. The van der Waals surface area contributed by atoms with Gasteiger partial charge in [-0.3, -0.25) is 4.79 Å². The first-order valence-corrected chi connectivity index (χ1v) is 6.09. The zero-order valence-electron chi connectivity index (χ0n) is 10.7. The van der Waals surface area contributed by atoms with Crippen LogP contribution in [0.4, 0.5) is 0 Å². The Kier molecular flexibility index (Phi) is 4.51. The highest BCUT2D eigenvalue weighted by atomic mass is 16.4.